The van der Waals surface area contributed by atoms with Gasteiger partial charge in [-0.15, -0.1) is 0 Å². The van der Waals surface area contributed by atoms with E-state index in [0.29, 0.717) is 0 Å². The molecular weight excluding hydrogens is 416 g/mol. The lowest BCUT2D eigenvalue weighted by Crippen LogP contribution is -1.77. The summed E-state index contributed by atoms with van der Waals surface area (Å²) in [6.45, 7) is 0. The smallest absolute Gasteiger partial charge is 0.143 e. The molecule has 0 saturated heterocycles. The first-order valence-electron chi connectivity index (χ1n) is 7.34. The second kappa shape index (κ2) is 4.83. The summed E-state index contributed by atoms with van der Waals surface area (Å²) in [4.78, 5) is 0. The van der Waals surface area contributed by atoms with Crippen LogP contribution in [-0.4, -0.2) is 0 Å². The second-order valence-electron chi connectivity index (χ2n) is 5.68. The quantitative estimate of drug-likeness (QED) is 0.251. The highest BCUT2D eigenvalue weighted by atomic mass is 79.9. The molecular formula is C20H10Br2O. The first kappa shape index (κ1) is 13.6. The van der Waals surface area contributed by atoms with E-state index in [2.05, 4.69) is 86.5 Å². The zero-order chi connectivity index (χ0) is 15.6. The van der Waals surface area contributed by atoms with Crippen molar-refractivity contribution in [1.29, 1.82) is 0 Å². The lowest BCUT2D eigenvalue weighted by Gasteiger charge is -2.02. The maximum atomic E-state index is 6.23. The summed E-state index contributed by atoms with van der Waals surface area (Å²) in [7, 11) is 0. The van der Waals surface area contributed by atoms with Crippen molar-refractivity contribution in [2.45, 2.75) is 0 Å². The Morgan fingerprint density at radius 2 is 1.52 bits per heavy atom. The van der Waals surface area contributed by atoms with E-state index in [4.69, 9.17) is 4.42 Å². The molecule has 0 aliphatic heterocycles. The summed E-state index contributed by atoms with van der Waals surface area (Å²) >= 11 is 7.18. The predicted octanol–water partition coefficient (Wildman–Crippen LogP) is 7.42. The molecule has 0 aliphatic carbocycles. The average molecular weight is 426 g/mol. The van der Waals surface area contributed by atoms with Crippen LogP contribution in [0.25, 0.3) is 43.5 Å². The highest BCUT2D eigenvalue weighted by molar-refractivity contribution is 9.11. The third kappa shape index (κ3) is 1.90. The number of hydrogen-bond donors (Lipinski definition) is 0. The van der Waals surface area contributed by atoms with Crippen LogP contribution in [0.3, 0.4) is 0 Å². The van der Waals surface area contributed by atoms with Crippen molar-refractivity contribution in [1.82, 2.24) is 0 Å². The lowest BCUT2D eigenvalue weighted by molar-refractivity contribution is 0.673. The van der Waals surface area contributed by atoms with Gasteiger partial charge in [-0.1, -0.05) is 62.2 Å². The van der Waals surface area contributed by atoms with E-state index in [1.54, 1.807) is 0 Å². The van der Waals surface area contributed by atoms with Gasteiger partial charge in [0.2, 0.25) is 0 Å². The van der Waals surface area contributed by atoms with Gasteiger partial charge in [0.25, 0.3) is 0 Å². The monoisotopic (exact) mass is 424 g/mol. The first-order valence-corrected chi connectivity index (χ1v) is 8.93. The van der Waals surface area contributed by atoms with Crippen molar-refractivity contribution in [2.75, 3.05) is 0 Å². The summed E-state index contributed by atoms with van der Waals surface area (Å²) in [6.07, 6.45) is 0. The normalized spacial score (nSPS) is 11.9. The topological polar surface area (TPSA) is 13.1 Å². The Hall–Kier alpha value is -1.84. The van der Waals surface area contributed by atoms with Crippen LogP contribution in [0.1, 0.15) is 0 Å². The Labute approximate surface area is 149 Å². The van der Waals surface area contributed by atoms with Gasteiger partial charge in [0.05, 0.1) is 0 Å². The van der Waals surface area contributed by atoms with E-state index >= 15 is 0 Å². The van der Waals surface area contributed by atoms with Crippen LogP contribution in [0.2, 0.25) is 0 Å². The molecule has 5 rings (SSSR count). The maximum absolute atomic E-state index is 6.23. The summed E-state index contributed by atoms with van der Waals surface area (Å²) in [5, 5.41) is 7.09. The molecule has 0 saturated carbocycles. The van der Waals surface area contributed by atoms with Gasteiger partial charge in [-0.05, 0) is 46.5 Å². The highest BCUT2D eigenvalue weighted by Crippen LogP contribution is 2.39. The van der Waals surface area contributed by atoms with E-state index in [-0.39, 0.29) is 0 Å². The Morgan fingerprint density at radius 3 is 2.43 bits per heavy atom. The van der Waals surface area contributed by atoms with Gasteiger partial charge in [0, 0.05) is 25.1 Å². The van der Waals surface area contributed by atoms with Crippen LogP contribution < -0.4 is 0 Å². The molecule has 0 spiro atoms. The van der Waals surface area contributed by atoms with Crippen molar-refractivity contribution >= 4 is 75.3 Å². The molecule has 0 atom stereocenters. The molecule has 23 heavy (non-hydrogen) atoms. The SMILES string of the molecule is Brc1ccc2c(ccc3oc4c5cccc(Br)c5ccc4c32)c1. The van der Waals surface area contributed by atoms with Gasteiger partial charge in [-0.2, -0.15) is 0 Å². The zero-order valence-electron chi connectivity index (χ0n) is 11.9. The van der Waals surface area contributed by atoms with E-state index < -0.39 is 0 Å². The summed E-state index contributed by atoms with van der Waals surface area (Å²) in [6, 6.07) is 21.1. The molecule has 0 aliphatic rings. The molecule has 0 bridgehead atoms. The predicted molar refractivity (Wildman–Crippen MR) is 104 cm³/mol. The van der Waals surface area contributed by atoms with Gasteiger partial charge in [-0.25, -0.2) is 0 Å². The van der Waals surface area contributed by atoms with Crippen molar-refractivity contribution in [3.63, 3.8) is 0 Å². The van der Waals surface area contributed by atoms with Crippen LogP contribution in [0.15, 0.2) is 74.0 Å². The molecule has 5 aromatic rings. The van der Waals surface area contributed by atoms with Crippen molar-refractivity contribution < 1.29 is 4.42 Å². The van der Waals surface area contributed by atoms with E-state index in [1.165, 1.54) is 26.9 Å². The molecule has 1 heterocycles. The van der Waals surface area contributed by atoms with Crippen LogP contribution >= 0.6 is 31.9 Å². The number of halogens is 2. The van der Waals surface area contributed by atoms with E-state index in [9.17, 15) is 0 Å². The molecule has 1 nitrogen and oxygen atoms in total. The Morgan fingerprint density at radius 1 is 0.696 bits per heavy atom. The number of furan rings is 1. The van der Waals surface area contributed by atoms with Gasteiger partial charge >= 0.3 is 0 Å². The summed E-state index contributed by atoms with van der Waals surface area (Å²) < 4.78 is 8.40. The van der Waals surface area contributed by atoms with Crippen molar-refractivity contribution in [3.05, 3.63) is 69.6 Å². The fourth-order valence-electron chi connectivity index (χ4n) is 3.35. The first-order chi connectivity index (χ1) is 11.2. The minimum absolute atomic E-state index is 0.933. The van der Waals surface area contributed by atoms with Gasteiger partial charge in [-0.3, -0.25) is 0 Å². The highest BCUT2D eigenvalue weighted by Gasteiger charge is 2.13. The van der Waals surface area contributed by atoms with Gasteiger partial charge in [0.15, 0.2) is 0 Å². The molecule has 0 radical (unpaired) electrons. The molecule has 110 valence electrons. The number of benzene rings is 4. The minimum atomic E-state index is 0.933. The van der Waals surface area contributed by atoms with Gasteiger partial charge in [0.1, 0.15) is 11.2 Å². The molecule has 3 heteroatoms. The average Bonchev–Trinajstić information content (AvgIpc) is 2.94. The summed E-state index contributed by atoms with van der Waals surface area (Å²) in [5.74, 6) is 0. The number of rotatable bonds is 0. The molecule has 0 amide bonds. The van der Waals surface area contributed by atoms with Crippen LogP contribution in [0.4, 0.5) is 0 Å². The van der Waals surface area contributed by atoms with Crippen LogP contribution in [0.5, 0.6) is 0 Å². The zero-order valence-corrected chi connectivity index (χ0v) is 15.1. The largest absolute Gasteiger partial charge is 0.455 e. The van der Waals surface area contributed by atoms with Crippen molar-refractivity contribution in [2.24, 2.45) is 0 Å². The molecule has 0 unspecified atom stereocenters. The van der Waals surface area contributed by atoms with E-state index in [1.807, 2.05) is 6.07 Å². The van der Waals surface area contributed by atoms with Gasteiger partial charge < -0.3 is 4.42 Å². The molecule has 4 aromatic carbocycles. The second-order valence-corrected chi connectivity index (χ2v) is 7.45. The fraction of sp³-hybridized carbons (Fsp3) is 0. The molecule has 0 N–H and O–H groups in total. The Kier molecular flexibility index (Phi) is 2.85. The van der Waals surface area contributed by atoms with Crippen molar-refractivity contribution in [3.8, 4) is 0 Å². The Bertz CT molecular complexity index is 1230. The standard InChI is InChI=1S/C20H10Br2O/c21-12-5-6-13-11(10-12)4-9-18-19(13)16-8-7-14-15(20(16)23-18)2-1-3-17(14)22/h1-10H. The van der Waals surface area contributed by atoms with E-state index in [0.717, 1.165) is 25.5 Å². The summed E-state index contributed by atoms with van der Waals surface area (Å²) in [5.41, 5.74) is 1.89. The third-order valence-corrected chi connectivity index (χ3v) is 5.57. The fourth-order valence-corrected chi connectivity index (χ4v) is 4.23. The molecule has 0 fully saturated rings. The number of hydrogen-bond acceptors (Lipinski definition) is 1. The van der Waals surface area contributed by atoms with Crippen LogP contribution in [-0.2, 0) is 0 Å². The lowest BCUT2D eigenvalue weighted by atomic mass is 10.0. The number of fused-ring (bicyclic) bond motifs is 7. The van der Waals surface area contributed by atoms with Crippen LogP contribution in [0, 0.1) is 0 Å². The maximum Gasteiger partial charge on any atom is 0.143 e. The molecule has 1 aromatic heterocycles. The third-order valence-electron chi connectivity index (χ3n) is 4.38. The minimum Gasteiger partial charge on any atom is -0.455 e. The Balaban J connectivity index is 2.06.